The Labute approximate surface area is 103 Å². The Kier molecular flexibility index (Phi) is 2.81. The maximum absolute atomic E-state index is 12.5. The monoisotopic (exact) mass is 234 g/mol. The molecule has 0 radical (unpaired) electrons. The van der Waals surface area contributed by atoms with Gasteiger partial charge in [0.15, 0.2) is 5.78 Å². The van der Waals surface area contributed by atoms with Gasteiger partial charge in [0.2, 0.25) is 0 Å². The second-order valence-corrected chi connectivity index (χ2v) is 6.18. The van der Waals surface area contributed by atoms with E-state index in [9.17, 15) is 9.90 Å². The highest BCUT2D eigenvalue weighted by Gasteiger charge is 2.64. The summed E-state index contributed by atoms with van der Waals surface area (Å²) < 4.78 is 0. The van der Waals surface area contributed by atoms with Gasteiger partial charge >= 0.3 is 0 Å². The molecule has 1 fully saturated rings. The van der Waals surface area contributed by atoms with Crippen LogP contribution in [0, 0.1) is 17.3 Å². The number of ketones is 1. The van der Waals surface area contributed by atoms with Crippen molar-refractivity contribution in [3.63, 3.8) is 0 Å². The number of hydrogen-bond acceptors (Lipinski definition) is 2. The molecule has 0 heterocycles. The van der Waals surface area contributed by atoms with Crippen LogP contribution < -0.4 is 0 Å². The summed E-state index contributed by atoms with van der Waals surface area (Å²) in [6.45, 7) is 9.89. The lowest BCUT2D eigenvalue weighted by molar-refractivity contribution is -0.197. The SMILES string of the molecule is C=C1CC/C=C/[C@@H](C)C(=O)[C@]2(O)[C@@H]1CC2(C)C. The first-order chi connectivity index (χ1) is 7.80. The fourth-order valence-corrected chi connectivity index (χ4v) is 3.28. The van der Waals surface area contributed by atoms with E-state index in [1.165, 1.54) is 0 Å². The van der Waals surface area contributed by atoms with E-state index in [0.717, 1.165) is 24.8 Å². The van der Waals surface area contributed by atoms with E-state index in [0.29, 0.717) is 0 Å². The van der Waals surface area contributed by atoms with Crippen molar-refractivity contribution in [3.05, 3.63) is 24.3 Å². The highest BCUT2D eigenvalue weighted by molar-refractivity contribution is 5.93. The van der Waals surface area contributed by atoms with Gasteiger partial charge in [-0.3, -0.25) is 4.79 Å². The molecule has 3 atom stereocenters. The van der Waals surface area contributed by atoms with Gasteiger partial charge in [0.25, 0.3) is 0 Å². The van der Waals surface area contributed by atoms with Gasteiger partial charge in [0, 0.05) is 17.3 Å². The number of hydrogen-bond donors (Lipinski definition) is 1. The maximum Gasteiger partial charge on any atom is 0.172 e. The van der Waals surface area contributed by atoms with Crippen LogP contribution in [0.4, 0.5) is 0 Å². The summed E-state index contributed by atoms with van der Waals surface area (Å²) in [6.07, 6.45) is 6.61. The largest absolute Gasteiger partial charge is 0.381 e. The number of allylic oxidation sites excluding steroid dienone is 2. The van der Waals surface area contributed by atoms with E-state index in [-0.39, 0.29) is 23.0 Å². The first kappa shape index (κ1) is 12.6. The third-order valence-corrected chi connectivity index (χ3v) is 4.59. The quantitative estimate of drug-likeness (QED) is 0.654. The van der Waals surface area contributed by atoms with E-state index >= 15 is 0 Å². The number of Topliss-reactive ketones (excluding diaryl/α,β-unsaturated/α-hetero) is 1. The zero-order valence-corrected chi connectivity index (χ0v) is 11.0. The van der Waals surface area contributed by atoms with Gasteiger partial charge in [0.1, 0.15) is 5.60 Å². The van der Waals surface area contributed by atoms with Gasteiger partial charge in [-0.25, -0.2) is 0 Å². The van der Waals surface area contributed by atoms with E-state index in [4.69, 9.17) is 0 Å². The maximum atomic E-state index is 12.5. The van der Waals surface area contributed by atoms with Gasteiger partial charge < -0.3 is 5.11 Å². The van der Waals surface area contributed by atoms with Crippen molar-refractivity contribution in [2.24, 2.45) is 17.3 Å². The minimum Gasteiger partial charge on any atom is -0.381 e. The predicted molar refractivity (Wildman–Crippen MR) is 68.5 cm³/mol. The van der Waals surface area contributed by atoms with Crippen molar-refractivity contribution in [1.29, 1.82) is 0 Å². The highest BCUT2D eigenvalue weighted by Crippen LogP contribution is 2.58. The molecule has 0 aromatic carbocycles. The molecule has 0 aromatic rings. The van der Waals surface area contributed by atoms with Crippen molar-refractivity contribution in [1.82, 2.24) is 0 Å². The Balaban J connectivity index is 2.42. The number of carbonyl (C=O) groups excluding carboxylic acids is 1. The van der Waals surface area contributed by atoms with Crippen molar-refractivity contribution >= 4 is 5.78 Å². The summed E-state index contributed by atoms with van der Waals surface area (Å²) >= 11 is 0. The molecule has 2 aliphatic carbocycles. The third-order valence-electron chi connectivity index (χ3n) is 4.59. The van der Waals surface area contributed by atoms with Gasteiger partial charge in [-0.2, -0.15) is 0 Å². The van der Waals surface area contributed by atoms with Gasteiger partial charge in [-0.15, -0.1) is 0 Å². The molecule has 0 saturated heterocycles. The lowest BCUT2D eigenvalue weighted by Gasteiger charge is -2.58. The minimum absolute atomic E-state index is 0.0435. The highest BCUT2D eigenvalue weighted by atomic mass is 16.3. The molecule has 0 aromatic heterocycles. The Morgan fingerprint density at radius 2 is 2.12 bits per heavy atom. The van der Waals surface area contributed by atoms with Crippen LogP contribution in [0.25, 0.3) is 0 Å². The average molecular weight is 234 g/mol. The molecule has 2 heteroatoms. The number of aliphatic hydroxyl groups is 1. The van der Waals surface area contributed by atoms with Crippen LogP contribution in [0.2, 0.25) is 0 Å². The fourth-order valence-electron chi connectivity index (χ4n) is 3.28. The molecule has 17 heavy (non-hydrogen) atoms. The van der Waals surface area contributed by atoms with Crippen molar-refractivity contribution in [2.45, 2.75) is 45.6 Å². The molecule has 1 saturated carbocycles. The van der Waals surface area contributed by atoms with Crippen LogP contribution in [0.5, 0.6) is 0 Å². The first-order valence-corrected chi connectivity index (χ1v) is 6.41. The first-order valence-electron chi connectivity index (χ1n) is 6.41. The van der Waals surface area contributed by atoms with Crippen LogP contribution in [-0.2, 0) is 4.79 Å². The number of carbonyl (C=O) groups is 1. The predicted octanol–water partition coefficient (Wildman–Crippen LogP) is 2.88. The summed E-state index contributed by atoms with van der Waals surface area (Å²) in [4.78, 5) is 12.5. The summed E-state index contributed by atoms with van der Waals surface area (Å²) in [5, 5.41) is 10.9. The average Bonchev–Trinajstić information content (AvgIpc) is 2.30. The number of rotatable bonds is 0. The summed E-state index contributed by atoms with van der Waals surface area (Å²) in [5.41, 5.74) is -0.513. The Hall–Kier alpha value is -0.890. The van der Waals surface area contributed by atoms with Crippen LogP contribution >= 0.6 is 0 Å². The van der Waals surface area contributed by atoms with E-state index in [2.05, 4.69) is 6.58 Å². The Bertz CT molecular complexity index is 392. The van der Waals surface area contributed by atoms with Crippen LogP contribution in [0.15, 0.2) is 24.3 Å². The lowest BCUT2D eigenvalue weighted by atomic mass is 9.48. The van der Waals surface area contributed by atoms with Crippen LogP contribution in [-0.4, -0.2) is 16.5 Å². The molecule has 2 aliphatic rings. The lowest BCUT2D eigenvalue weighted by Crippen LogP contribution is -2.67. The molecule has 0 amide bonds. The third kappa shape index (κ3) is 1.61. The molecule has 94 valence electrons. The zero-order chi connectivity index (χ0) is 12.8. The van der Waals surface area contributed by atoms with Crippen molar-refractivity contribution in [2.75, 3.05) is 0 Å². The van der Waals surface area contributed by atoms with Crippen LogP contribution in [0.1, 0.15) is 40.0 Å². The molecule has 0 aliphatic heterocycles. The van der Waals surface area contributed by atoms with E-state index < -0.39 is 5.60 Å². The number of fused-ring (bicyclic) bond motifs is 1. The van der Waals surface area contributed by atoms with Gasteiger partial charge in [-0.05, 0) is 19.3 Å². The molecule has 1 N–H and O–H groups in total. The summed E-state index contributed by atoms with van der Waals surface area (Å²) in [5.74, 6) is -0.293. The molecule has 2 nitrogen and oxygen atoms in total. The molecule has 0 spiro atoms. The van der Waals surface area contributed by atoms with Gasteiger partial charge in [0.05, 0.1) is 0 Å². The van der Waals surface area contributed by atoms with Crippen molar-refractivity contribution < 1.29 is 9.90 Å². The standard InChI is InChI=1S/C15H22O2/c1-10-7-5-6-8-11(2)13(16)15(17)12(10)9-14(15,3)4/h6,8,11-12,17H,1,5,7,9H2,2-4H3/b8-6+/t11-,12-,15-/m1/s1. The second kappa shape index (κ2) is 3.81. The molecule has 0 unspecified atom stereocenters. The Morgan fingerprint density at radius 1 is 1.47 bits per heavy atom. The zero-order valence-electron chi connectivity index (χ0n) is 11.0. The molecular formula is C15H22O2. The summed E-state index contributed by atoms with van der Waals surface area (Å²) in [6, 6.07) is 0. The van der Waals surface area contributed by atoms with Crippen LogP contribution in [0.3, 0.4) is 0 Å². The summed E-state index contributed by atoms with van der Waals surface area (Å²) in [7, 11) is 0. The normalized spacial score (nSPS) is 42.8. The molecule has 2 rings (SSSR count). The van der Waals surface area contributed by atoms with E-state index in [1.54, 1.807) is 0 Å². The minimum atomic E-state index is -1.21. The smallest absolute Gasteiger partial charge is 0.172 e. The topological polar surface area (TPSA) is 37.3 Å². The fraction of sp³-hybridized carbons (Fsp3) is 0.667. The second-order valence-electron chi connectivity index (χ2n) is 6.18. The van der Waals surface area contributed by atoms with Crippen molar-refractivity contribution in [3.8, 4) is 0 Å². The Morgan fingerprint density at radius 3 is 2.71 bits per heavy atom. The molecule has 0 bridgehead atoms. The van der Waals surface area contributed by atoms with Gasteiger partial charge in [-0.1, -0.05) is 45.1 Å². The molecular weight excluding hydrogens is 212 g/mol. The van der Waals surface area contributed by atoms with E-state index in [1.807, 2.05) is 32.9 Å².